The zero-order valence-corrected chi connectivity index (χ0v) is 19.3. The van der Waals surface area contributed by atoms with Crippen LogP contribution in [0.3, 0.4) is 0 Å². The average molecular weight is 469 g/mol. The first-order chi connectivity index (χ1) is 15.8. The zero-order valence-electron chi connectivity index (χ0n) is 18.5. The minimum Gasteiger partial charge on any atom is -0.361 e. The maximum Gasteiger partial charge on any atom is 0.247 e. The standard InChI is InChI=1S/C24H28N4O4S/c1-17(29)26-23(14-18-16-25-22-11-4-3-10-21(18)22)24(30)27-19-8-7-9-20(15-19)33(31,32)28-12-5-2-6-13-28/h3-4,7-11,15-16,23,25H,2,5-6,12-14H2,1H3,(H,26,29)(H,27,30)/t23-/m0/s1. The van der Waals surface area contributed by atoms with Crippen LogP contribution in [0.2, 0.25) is 0 Å². The lowest BCUT2D eigenvalue weighted by Gasteiger charge is -2.26. The molecule has 0 aliphatic carbocycles. The predicted molar refractivity (Wildman–Crippen MR) is 127 cm³/mol. The Balaban J connectivity index is 1.53. The second-order valence-corrected chi connectivity index (χ2v) is 10.2. The minimum atomic E-state index is -3.62. The van der Waals surface area contributed by atoms with Gasteiger partial charge in [0.1, 0.15) is 6.04 Å². The van der Waals surface area contributed by atoms with Gasteiger partial charge in [0, 0.05) is 49.2 Å². The largest absolute Gasteiger partial charge is 0.361 e. The number of anilines is 1. The van der Waals surface area contributed by atoms with Gasteiger partial charge >= 0.3 is 0 Å². The first kappa shape index (κ1) is 23.0. The van der Waals surface area contributed by atoms with Crippen molar-refractivity contribution >= 4 is 38.4 Å². The van der Waals surface area contributed by atoms with Gasteiger partial charge in [0.2, 0.25) is 21.8 Å². The van der Waals surface area contributed by atoms with E-state index in [2.05, 4.69) is 15.6 Å². The number of fused-ring (bicyclic) bond motifs is 1. The quantitative estimate of drug-likeness (QED) is 0.495. The third-order valence-corrected chi connectivity index (χ3v) is 7.74. The van der Waals surface area contributed by atoms with E-state index in [4.69, 9.17) is 0 Å². The highest BCUT2D eigenvalue weighted by molar-refractivity contribution is 7.89. The van der Waals surface area contributed by atoms with Crippen LogP contribution in [0.25, 0.3) is 10.9 Å². The molecule has 1 aliphatic rings. The molecule has 1 aliphatic heterocycles. The van der Waals surface area contributed by atoms with Crippen molar-refractivity contribution < 1.29 is 18.0 Å². The number of hydrogen-bond acceptors (Lipinski definition) is 4. The Bertz CT molecular complexity index is 1260. The Morgan fingerprint density at radius 1 is 1.06 bits per heavy atom. The molecule has 174 valence electrons. The molecule has 0 radical (unpaired) electrons. The molecule has 0 bridgehead atoms. The van der Waals surface area contributed by atoms with Crippen LogP contribution in [0, 0.1) is 0 Å². The summed E-state index contributed by atoms with van der Waals surface area (Å²) in [6.07, 6.45) is 4.85. The Labute approximate surface area is 193 Å². The first-order valence-corrected chi connectivity index (χ1v) is 12.5. The van der Waals surface area contributed by atoms with Crippen molar-refractivity contribution in [1.29, 1.82) is 0 Å². The number of H-pyrrole nitrogens is 1. The molecule has 3 aromatic rings. The number of piperidine rings is 1. The van der Waals surface area contributed by atoms with Crippen molar-refractivity contribution in [3.8, 4) is 0 Å². The maximum atomic E-state index is 13.1. The van der Waals surface area contributed by atoms with Crippen LogP contribution in [0.5, 0.6) is 0 Å². The molecule has 1 aromatic heterocycles. The average Bonchev–Trinajstić information content (AvgIpc) is 3.22. The monoisotopic (exact) mass is 468 g/mol. The molecule has 1 saturated heterocycles. The van der Waals surface area contributed by atoms with E-state index in [1.807, 2.05) is 30.5 Å². The topological polar surface area (TPSA) is 111 Å². The molecule has 4 rings (SSSR count). The predicted octanol–water partition coefficient (Wildman–Crippen LogP) is 3.03. The molecule has 0 spiro atoms. The van der Waals surface area contributed by atoms with Gasteiger partial charge in [-0.15, -0.1) is 0 Å². The Hall–Kier alpha value is -3.17. The third kappa shape index (κ3) is 5.26. The molecule has 0 unspecified atom stereocenters. The number of benzene rings is 2. The summed E-state index contributed by atoms with van der Waals surface area (Å²) in [6, 6.07) is 13.2. The van der Waals surface area contributed by atoms with Gasteiger partial charge in [-0.3, -0.25) is 9.59 Å². The number of amides is 2. The van der Waals surface area contributed by atoms with E-state index in [-0.39, 0.29) is 10.8 Å². The second-order valence-electron chi connectivity index (χ2n) is 8.30. The van der Waals surface area contributed by atoms with Crippen molar-refractivity contribution in [3.05, 3.63) is 60.3 Å². The normalized spacial score (nSPS) is 15.8. The number of para-hydroxylation sites is 1. The SMILES string of the molecule is CC(=O)N[C@@H](Cc1c[nH]c2ccccc12)C(=O)Nc1cccc(S(=O)(=O)N2CCCCC2)c1. The summed E-state index contributed by atoms with van der Waals surface area (Å²) in [5.41, 5.74) is 2.22. The van der Waals surface area contributed by atoms with Gasteiger partial charge in [0.25, 0.3) is 0 Å². The summed E-state index contributed by atoms with van der Waals surface area (Å²) in [4.78, 5) is 28.2. The number of hydrogen-bond donors (Lipinski definition) is 3. The van der Waals surface area contributed by atoms with Crippen LogP contribution in [-0.2, 0) is 26.0 Å². The lowest BCUT2D eigenvalue weighted by atomic mass is 10.0. The van der Waals surface area contributed by atoms with Crippen LogP contribution < -0.4 is 10.6 Å². The Morgan fingerprint density at radius 3 is 2.58 bits per heavy atom. The molecule has 2 heterocycles. The van der Waals surface area contributed by atoms with Crippen molar-refractivity contribution in [3.63, 3.8) is 0 Å². The van der Waals surface area contributed by atoms with Crippen molar-refractivity contribution in [2.75, 3.05) is 18.4 Å². The third-order valence-electron chi connectivity index (χ3n) is 5.85. The summed E-state index contributed by atoms with van der Waals surface area (Å²) < 4.78 is 27.5. The highest BCUT2D eigenvalue weighted by Crippen LogP contribution is 2.24. The van der Waals surface area contributed by atoms with Gasteiger partial charge in [-0.25, -0.2) is 8.42 Å². The molecule has 8 nitrogen and oxygen atoms in total. The van der Waals surface area contributed by atoms with Crippen LogP contribution in [0.15, 0.2) is 59.6 Å². The number of sulfonamides is 1. The Kier molecular flexibility index (Phi) is 6.80. The van der Waals surface area contributed by atoms with Crippen LogP contribution in [0.1, 0.15) is 31.7 Å². The molecule has 1 atom stereocenters. The molecule has 9 heteroatoms. The number of nitrogens with zero attached hydrogens (tertiary/aromatic N) is 1. The number of aromatic amines is 1. The Morgan fingerprint density at radius 2 is 1.82 bits per heavy atom. The number of carbonyl (C=O) groups is 2. The van der Waals surface area contributed by atoms with E-state index in [0.29, 0.717) is 25.2 Å². The number of aromatic nitrogens is 1. The van der Waals surface area contributed by atoms with Crippen LogP contribution in [0.4, 0.5) is 5.69 Å². The van der Waals surface area contributed by atoms with Crippen molar-refractivity contribution in [2.45, 2.75) is 43.5 Å². The maximum absolute atomic E-state index is 13.1. The summed E-state index contributed by atoms with van der Waals surface area (Å²) in [7, 11) is -3.62. The smallest absolute Gasteiger partial charge is 0.247 e. The summed E-state index contributed by atoms with van der Waals surface area (Å²) in [5, 5.41) is 6.47. The van der Waals surface area contributed by atoms with Gasteiger partial charge < -0.3 is 15.6 Å². The highest BCUT2D eigenvalue weighted by atomic mass is 32.2. The fourth-order valence-corrected chi connectivity index (χ4v) is 5.76. The summed E-state index contributed by atoms with van der Waals surface area (Å²) in [6.45, 7) is 2.38. The molecule has 33 heavy (non-hydrogen) atoms. The van der Waals surface area contributed by atoms with Gasteiger partial charge in [-0.2, -0.15) is 4.31 Å². The number of rotatable bonds is 7. The van der Waals surface area contributed by atoms with Crippen molar-refractivity contribution in [1.82, 2.24) is 14.6 Å². The van der Waals surface area contributed by atoms with E-state index >= 15 is 0 Å². The molecule has 0 saturated carbocycles. The zero-order chi connectivity index (χ0) is 23.4. The van der Waals surface area contributed by atoms with Gasteiger partial charge in [-0.1, -0.05) is 30.7 Å². The fourth-order valence-electron chi connectivity index (χ4n) is 4.19. The second kappa shape index (κ2) is 9.76. The minimum absolute atomic E-state index is 0.148. The van der Waals surface area contributed by atoms with Gasteiger partial charge in [0.05, 0.1) is 4.90 Å². The molecule has 1 fully saturated rings. The van der Waals surface area contributed by atoms with E-state index in [1.165, 1.54) is 23.4 Å². The fraction of sp³-hybridized carbons (Fsp3) is 0.333. The molecule has 2 aromatic carbocycles. The molecular formula is C24H28N4O4S. The first-order valence-electron chi connectivity index (χ1n) is 11.1. The van der Waals surface area contributed by atoms with E-state index < -0.39 is 22.0 Å². The van der Waals surface area contributed by atoms with Gasteiger partial charge in [-0.05, 0) is 42.7 Å². The van der Waals surface area contributed by atoms with E-state index in [9.17, 15) is 18.0 Å². The lowest BCUT2D eigenvalue weighted by Crippen LogP contribution is -2.44. The molecule has 3 N–H and O–H groups in total. The highest BCUT2D eigenvalue weighted by Gasteiger charge is 2.27. The van der Waals surface area contributed by atoms with Crippen LogP contribution >= 0.6 is 0 Å². The number of nitrogens with one attached hydrogen (secondary N) is 3. The van der Waals surface area contributed by atoms with Crippen LogP contribution in [-0.4, -0.2) is 48.7 Å². The molecule has 2 amide bonds. The summed E-state index contributed by atoms with van der Waals surface area (Å²) >= 11 is 0. The van der Waals surface area contributed by atoms with E-state index in [0.717, 1.165) is 35.7 Å². The van der Waals surface area contributed by atoms with Gasteiger partial charge in [0.15, 0.2) is 0 Å². The summed E-state index contributed by atoms with van der Waals surface area (Å²) in [5.74, 6) is -0.737. The van der Waals surface area contributed by atoms with E-state index in [1.54, 1.807) is 12.1 Å². The lowest BCUT2D eigenvalue weighted by molar-refractivity contribution is -0.125. The van der Waals surface area contributed by atoms with Crippen molar-refractivity contribution in [2.24, 2.45) is 0 Å². The molecular weight excluding hydrogens is 440 g/mol. The number of carbonyl (C=O) groups excluding carboxylic acids is 2.